The van der Waals surface area contributed by atoms with Crippen molar-refractivity contribution >= 4 is 34.4 Å². The summed E-state index contributed by atoms with van der Waals surface area (Å²) in [6.07, 6.45) is 43.3. The van der Waals surface area contributed by atoms with Crippen LogP contribution < -0.4 is 0 Å². The van der Waals surface area contributed by atoms with Crippen molar-refractivity contribution in [1.82, 2.24) is 0 Å². The van der Waals surface area contributed by atoms with E-state index in [9.17, 15) is 40.9 Å². The third kappa shape index (κ3) is 49.3. The van der Waals surface area contributed by atoms with Crippen LogP contribution >= 0.6 is 34.4 Å². The molecule has 0 spiro atoms. The number of unbranched alkanes of at least 4 members (excludes halogenated alkanes) is 28. The van der Waals surface area contributed by atoms with Gasteiger partial charge in [0.05, 0.1) is 61.7 Å². The van der Waals surface area contributed by atoms with Gasteiger partial charge in [-0.15, -0.1) is 0 Å². The monoisotopic (exact) mass is 1210 g/mol. The lowest BCUT2D eigenvalue weighted by Gasteiger charge is -2.44. The Balaban J connectivity index is -0.000000567. The molecular formula is C56H124O18P4. The summed E-state index contributed by atoms with van der Waals surface area (Å²) in [5.74, 6) is 1.51. The SMILES string of the molecule is CC(C)CCCCCCCC(O)(CCCCCCCC(C)C)C(CO)(CO)CO.CCCCCCCCCCCCCC(O)(CCCCCCCCCCCCC)C(CO)(CO)CO.OP(O)OP(O)O.OP(O)OP(O)O. The Kier molecular flexibility index (Phi) is 64.0. The Bertz CT molecular complexity index is 1100. The van der Waals surface area contributed by atoms with E-state index in [1.807, 2.05) is 0 Å². The fourth-order valence-electron chi connectivity index (χ4n) is 9.79. The summed E-state index contributed by atoms with van der Waals surface area (Å²) >= 11 is 0. The van der Waals surface area contributed by atoms with Gasteiger partial charge in [0.2, 0.25) is 0 Å². The lowest BCUT2D eigenvalue weighted by molar-refractivity contribution is -0.163. The maximum Gasteiger partial charge on any atom is 0.334 e. The van der Waals surface area contributed by atoms with Crippen LogP contribution in [0.3, 0.4) is 0 Å². The first-order valence-electron chi connectivity index (χ1n) is 30.3. The Morgan fingerprint density at radius 2 is 0.449 bits per heavy atom. The van der Waals surface area contributed by atoms with Gasteiger partial charge in [0, 0.05) is 0 Å². The number of aliphatic hydroxyl groups excluding tert-OH is 6. The maximum absolute atomic E-state index is 11.5. The molecule has 0 aliphatic rings. The Morgan fingerprint density at radius 3 is 0.590 bits per heavy atom. The molecular weight excluding hydrogens is 1080 g/mol. The molecule has 0 aliphatic carbocycles. The minimum atomic E-state index is -2.61. The van der Waals surface area contributed by atoms with Gasteiger partial charge in [0.25, 0.3) is 0 Å². The summed E-state index contributed by atoms with van der Waals surface area (Å²) in [6.45, 7) is 11.2. The fraction of sp³-hybridized carbons (Fsp3) is 1.00. The summed E-state index contributed by atoms with van der Waals surface area (Å²) < 4.78 is 7.20. The first-order valence-corrected chi connectivity index (χ1v) is 34.9. The fourth-order valence-corrected chi connectivity index (χ4v) is 10.8. The first kappa shape index (κ1) is 85.4. The van der Waals surface area contributed by atoms with Gasteiger partial charge < -0.3 is 80.0 Å². The minimum absolute atomic E-state index is 0.382. The Labute approximate surface area is 480 Å². The van der Waals surface area contributed by atoms with E-state index in [4.69, 9.17) is 39.1 Å². The molecule has 0 aliphatic heterocycles. The molecule has 0 rings (SSSR count). The highest BCUT2D eigenvalue weighted by molar-refractivity contribution is 7.53. The summed E-state index contributed by atoms with van der Waals surface area (Å²) in [4.78, 5) is 62.5. The smallest absolute Gasteiger partial charge is 0.334 e. The van der Waals surface area contributed by atoms with E-state index < -0.39 is 56.4 Å². The van der Waals surface area contributed by atoms with Gasteiger partial charge in [-0.2, -0.15) is 0 Å². The second-order valence-corrected chi connectivity index (χ2v) is 26.0. The van der Waals surface area contributed by atoms with Crippen molar-refractivity contribution < 1.29 is 88.6 Å². The topological polar surface area (TPSA) is 342 Å². The predicted molar refractivity (Wildman–Crippen MR) is 321 cm³/mol. The van der Waals surface area contributed by atoms with Gasteiger partial charge in [-0.05, 0) is 37.5 Å². The molecule has 0 radical (unpaired) electrons. The summed E-state index contributed by atoms with van der Waals surface area (Å²) in [6, 6.07) is 0. The van der Waals surface area contributed by atoms with E-state index in [1.54, 1.807) is 0 Å². The van der Waals surface area contributed by atoms with Crippen LogP contribution in [-0.2, 0) is 8.62 Å². The Hall–Kier alpha value is 1.000. The number of hydrogen-bond donors (Lipinski definition) is 16. The van der Waals surface area contributed by atoms with Crippen LogP contribution in [0.25, 0.3) is 0 Å². The van der Waals surface area contributed by atoms with Crippen molar-refractivity contribution in [2.75, 3.05) is 39.6 Å². The average molecular weight is 1210 g/mol. The molecule has 18 nitrogen and oxygen atoms in total. The zero-order valence-electron chi connectivity index (χ0n) is 50.0. The largest absolute Gasteiger partial charge is 0.395 e. The normalized spacial score (nSPS) is 12.5. The van der Waals surface area contributed by atoms with Crippen LogP contribution in [0.2, 0.25) is 0 Å². The van der Waals surface area contributed by atoms with Crippen LogP contribution in [0, 0.1) is 22.7 Å². The molecule has 0 bridgehead atoms. The molecule has 476 valence electrons. The van der Waals surface area contributed by atoms with Crippen molar-refractivity contribution in [2.24, 2.45) is 22.7 Å². The maximum atomic E-state index is 11.5. The first-order chi connectivity index (χ1) is 37.1. The van der Waals surface area contributed by atoms with Gasteiger partial charge in [-0.3, -0.25) is 0 Å². The minimum Gasteiger partial charge on any atom is -0.395 e. The molecule has 0 saturated carbocycles. The predicted octanol–water partition coefficient (Wildman–Crippen LogP) is 12.4. The highest BCUT2D eigenvalue weighted by Crippen LogP contribution is 2.43. The average Bonchev–Trinajstić information content (AvgIpc) is 3.37. The van der Waals surface area contributed by atoms with E-state index in [1.165, 1.54) is 154 Å². The van der Waals surface area contributed by atoms with E-state index in [0.29, 0.717) is 25.7 Å². The van der Waals surface area contributed by atoms with Gasteiger partial charge in [-0.25, -0.2) is 8.62 Å². The molecule has 0 fully saturated rings. The van der Waals surface area contributed by atoms with Gasteiger partial charge in [-0.1, -0.05) is 260 Å². The van der Waals surface area contributed by atoms with Crippen molar-refractivity contribution in [3.05, 3.63) is 0 Å². The summed E-state index contributed by atoms with van der Waals surface area (Å²) in [7, 11) is -10.4. The molecule has 0 saturated heterocycles. The quantitative estimate of drug-likeness (QED) is 0.0199. The molecule has 22 heteroatoms. The third-order valence-electron chi connectivity index (χ3n) is 15.2. The molecule has 16 N–H and O–H groups in total. The standard InChI is InChI=1S/C31H64O4.C25H52O4.2H4O5P2/c1-3-5-7-9-11-13-15-17-19-21-23-25-31(35,30(27-32,28-33)29-34)26-24-22-20-18-16-14-12-10-8-6-4-2;1-22(2)15-11-7-5-9-13-17-25(29,24(19-26,20-27)21-28)18-14-10-6-8-12-16-23(3)4;2*1-6(2)5-7(3)4/h32-35H,3-29H2,1-2H3;22-23,26-29H,5-21H2,1-4H3;2*1-4H. The number of hydrogen-bond acceptors (Lipinski definition) is 18. The number of aliphatic hydroxyl groups is 8. The van der Waals surface area contributed by atoms with E-state index in [-0.39, 0.29) is 39.6 Å². The highest BCUT2D eigenvalue weighted by atomic mass is 31.2. The second-order valence-electron chi connectivity index (χ2n) is 22.7. The van der Waals surface area contributed by atoms with Gasteiger partial charge in [0.1, 0.15) is 0 Å². The van der Waals surface area contributed by atoms with E-state index in [2.05, 4.69) is 50.2 Å². The van der Waals surface area contributed by atoms with Crippen LogP contribution in [-0.4, -0.2) is 131 Å². The molecule has 0 atom stereocenters. The van der Waals surface area contributed by atoms with Crippen LogP contribution in [0.1, 0.15) is 286 Å². The summed E-state index contributed by atoms with van der Waals surface area (Å²) in [5.41, 5.74) is -4.85. The highest BCUT2D eigenvalue weighted by Gasteiger charge is 2.49. The van der Waals surface area contributed by atoms with Gasteiger partial charge >= 0.3 is 34.4 Å². The zero-order chi connectivity index (χ0) is 60.0. The van der Waals surface area contributed by atoms with Crippen molar-refractivity contribution in [1.29, 1.82) is 0 Å². The summed E-state index contributed by atoms with van der Waals surface area (Å²) in [5, 5.41) is 82.5. The second kappa shape index (κ2) is 58.4. The molecule has 0 aromatic carbocycles. The molecule has 78 heavy (non-hydrogen) atoms. The molecule has 0 unspecified atom stereocenters. The van der Waals surface area contributed by atoms with Gasteiger partial charge in [0.15, 0.2) is 0 Å². The number of rotatable bonds is 52. The van der Waals surface area contributed by atoms with E-state index >= 15 is 0 Å². The molecule has 0 aromatic rings. The zero-order valence-corrected chi connectivity index (χ0v) is 53.6. The Morgan fingerprint density at radius 1 is 0.282 bits per heavy atom. The van der Waals surface area contributed by atoms with Crippen molar-refractivity contribution in [2.45, 2.75) is 297 Å². The van der Waals surface area contributed by atoms with E-state index in [0.717, 1.165) is 76.0 Å². The molecule has 0 heterocycles. The molecule has 0 amide bonds. The van der Waals surface area contributed by atoms with Crippen molar-refractivity contribution in [3.8, 4) is 0 Å². The van der Waals surface area contributed by atoms with Crippen molar-refractivity contribution in [3.63, 3.8) is 0 Å². The third-order valence-corrected chi connectivity index (χ3v) is 17.6. The van der Waals surface area contributed by atoms with Crippen LogP contribution in [0.15, 0.2) is 0 Å². The van der Waals surface area contributed by atoms with Crippen LogP contribution in [0.5, 0.6) is 0 Å². The molecule has 0 aromatic heterocycles. The lowest BCUT2D eigenvalue weighted by atomic mass is 9.68. The van der Waals surface area contributed by atoms with Crippen LogP contribution in [0.4, 0.5) is 0 Å². The lowest BCUT2D eigenvalue weighted by Crippen LogP contribution is -2.55.